The summed E-state index contributed by atoms with van der Waals surface area (Å²) in [5, 5.41) is 0.746. The molecule has 0 N–H and O–H groups in total. The molecule has 2 aliphatic rings. The number of para-hydroxylation sites is 1. The first-order chi connectivity index (χ1) is 13.6. The van der Waals surface area contributed by atoms with Crippen LogP contribution >= 0.6 is 11.6 Å². The van der Waals surface area contributed by atoms with Crippen molar-refractivity contribution in [3.05, 3.63) is 65.2 Å². The van der Waals surface area contributed by atoms with Crippen molar-refractivity contribution in [1.82, 2.24) is 9.80 Å². The van der Waals surface area contributed by atoms with E-state index >= 15 is 0 Å². The lowest BCUT2D eigenvalue weighted by Crippen LogP contribution is -2.52. The van der Waals surface area contributed by atoms with E-state index in [0.29, 0.717) is 19.4 Å². The summed E-state index contributed by atoms with van der Waals surface area (Å²) in [6, 6.07) is 17.5. The summed E-state index contributed by atoms with van der Waals surface area (Å²) in [6.07, 6.45) is 0.991. The third-order valence-corrected chi connectivity index (χ3v) is 5.95. The number of likely N-dealkylation sites (tertiary alicyclic amines) is 1. The van der Waals surface area contributed by atoms with E-state index in [9.17, 15) is 9.59 Å². The Morgan fingerprint density at radius 3 is 2.29 bits per heavy atom. The molecule has 0 saturated carbocycles. The summed E-state index contributed by atoms with van der Waals surface area (Å²) in [5.41, 5.74) is 2.17. The third-order valence-electron chi connectivity index (χ3n) is 5.64. The minimum absolute atomic E-state index is 0.0490. The molecule has 2 amide bonds. The van der Waals surface area contributed by atoms with Crippen molar-refractivity contribution in [1.29, 1.82) is 0 Å². The number of carbonyl (C=O) groups is 2. The molecule has 6 heteroatoms. The van der Waals surface area contributed by atoms with Crippen LogP contribution in [0.25, 0.3) is 0 Å². The highest BCUT2D eigenvalue weighted by Crippen LogP contribution is 2.27. The fourth-order valence-electron chi connectivity index (χ4n) is 4.05. The van der Waals surface area contributed by atoms with Crippen LogP contribution < -0.4 is 4.90 Å². The maximum absolute atomic E-state index is 12.9. The Kier molecular flexibility index (Phi) is 5.64. The molecule has 2 aromatic rings. The SMILES string of the molecule is O=C1C[C@H](N2CCN(c3ccccc3Cl)CC2)C(=O)N1CCc1ccccc1. The second-order valence-corrected chi connectivity index (χ2v) is 7.72. The number of benzene rings is 2. The molecule has 4 rings (SSSR count). The van der Waals surface area contributed by atoms with Crippen LogP contribution in [0.4, 0.5) is 5.69 Å². The number of nitrogens with zero attached hydrogens (tertiary/aromatic N) is 3. The summed E-state index contributed by atoms with van der Waals surface area (Å²) in [5.74, 6) is -0.105. The van der Waals surface area contributed by atoms with Crippen molar-refractivity contribution < 1.29 is 9.59 Å². The van der Waals surface area contributed by atoms with Gasteiger partial charge in [0.25, 0.3) is 0 Å². The van der Waals surface area contributed by atoms with E-state index in [4.69, 9.17) is 11.6 Å². The third kappa shape index (κ3) is 3.91. The molecule has 0 radical (unpaired) electrons. The van der Waals surface area contributed by atoms with Crippen molar-refractivity contribution in [2.75, 3.05) is 37.6 Å². The summed E-state index contributed by atoms with van der Waals surface area (Å²) in [7, 11) is 0. The van der Waals surface area contributed by atoms with Gasteiger partial charge in [-0.15, -0.1) is 0 Å². The maximum Gasteiger partial charge on any atom is 0.247 e. The summed E-state index contributed by atoms with van der Waals surface area (Å²) >= 11 is 6.31. The van der Waals surface area contributed by atoms with Crippen LogP contribution in [-0.2, 0) is 16.0 Å². The van der Waals surface area contributed by atoms with Crippen molar-refractivity contribution in [3.8, 4) is 0 Å². The van der Waals surface area contributed by atoms with Crippen LogP contribution in [0.3, 0.4) is 0 Å². The van der Waals surface area contributed by atoms with Crippen LogP contribution in [0.2, 0.25) is 5.02 Å². The molecule has 5 nitrogen and oxygen atoms in total. The summed E-state index contributed by atoms with van der Waals surface area (Å²) in [4.78, 5) is 31.1. The van der Waals surface area contributed by atoms with Crippen molar-refractivity contribution in [2.45, 2.75) is 18.9 Å². The zero-order valence-electron chi connectivity index (χ0n) is 15.8. The summed E-state index contributed by atoms with van der Waals surface area (Å²) < 4.78 is 0. The molecule has 0 unspecified atom stereocenters. The molecule has 0 spiro atoms. The molecule has 28 heavy (non-hydrogen) atoms. The number of rotatable bonds is 5. The normalized spacial score (nSPS) is 20.8. The fraction of sp³-hybridized carbons (Fsp3) is 0.364. The van der Waals surface area contributed by atoms with Gasteiger partial charge in [0, 0.05) is 32.7 Å². The molecule has 2 fully saturated rings. The molecule has 146 valence electrons. The Hall–Kier alpha value is -2.37. The zero-order chi connectivity index (χ0) is 19.5. The first kappa shape index (κ1) is 19.0. The fourth-order valence-corrected chi connectivity index (χ4v) is 4.31. The van der Waals surface area contributed by atoms with E-state index in [1.807, 2.05) is 54.6 Å². The lowest BCUT2D eigenvalue weighted by molar-refractivity contribution is -0.139. The number of halogens is 1. The van der Waals surface area contributed by atoms with Gasteiger partial charge in [-0.1, -0.05) is 54.1 Å². The van der Waals surface area contributed by atoms with Gasteiger partial charge in [-0.2, -0.15) is 0 Å². The molecular weight excluding hydrogens is 374 g/mol. The standard InChI is InChI=1S/C22H24ClN3O2/c23-18-8-4-5-9-19(18)24-12-14-25(15-13-24)20-16-21(27)26(22(20)28)11-10-17-6-2-1-3-7-17/h1-9,20H,10-16H2/t20-/m0/s1. The van der Waals surface area contributed by atoms with Crippen LogP contribution in [0.1, 0.15) is 12.0 Å². The molecule has 0 aliphatic carbocycles. The highest BCUT2D eigenvalue weighted by molar-refractivity contribution is 6.33. The van der Waals surface area contributed by atoms with E-state index in [1.165, 1.54) is 4.90 Å². The van der Waals surface area contributed by atoms with E-state index in [0.717, 1.165) is 42.5 Å². The quantitative estimate of drug-likeness (QED) is 0.728. The van der Waals surface area contributed by atoms with Crippen LogP contribution in [0.15, 0.2) is 54.6 Å². The molecule has 0 aromatic heterocycles. The van der Waals surface area contributed by atoms with Crippen molar-refractivity contribution in [2.24, 2.45) is 0 Å². The Morgan fingerprint density at radius 1 is 0.893 bits per heavy atom. The number of imide groups is 1. The highest BCUT2D eigenvalue weighted by atomic mass is 35.5. The minimum atomic E-state index is -0.323. The van der Waals surface area contributed by atoms with Gasteiger partial charge in [-0.05, 0) is 24.1 Å². The maximum atomic E-state index is 12.9. The Balaban J connectivity index is 1.35. The zero-order valence-corrected chi connectivity index (χ0v) is 16.5. The van der Waals surface area contributed by atoms with Gasteiger partial charge < -0.3 is 4.90 Å². The number of carbonyl (C=O) groups excluding carboxylic acids is 2. The van der Waals surface area contributed by atoms with E-state index in [1.54, 1.807) is 0 Å². The van der Waals surface area contributed by atoms with Gasteiger partial charge in [0.2, 0.25) is 11.8 Å². The van der Waals surface area contributed by atoms with Gasteiger partial charge >= 0.3 is 0 Å². The Labute approximate surface area is 170 Å². The Morgan fingerprint density at radius 2 is 1.57 bits per heavy atom. The van der Waals surface area contributed by atoms with Gasteiger partial charge in [0.1, 0.15) is 0 Å². The van der Waals surface area contributed by atoms with Gasteiger partial charge in [-0.3, -0.25) is 19.4 Å². The van der Waals surface area contributed by atoms with Gasteiger partial charge in [-0.25, -0.2) is 0 Å². The minimum Gasteiger partial charge on any atom is -0.368 e. The van der Waals surface area contributed by atoms with Gasteiger partial charge in [0.05, 0.1) is 23.2 Å². The van der Waals surface area contributed by atoms with Crippen molar-refractivity contribution in [3.63, 3.8) is 0 Å². The molecule has 2 aliphatic heterocycles. The molecule has 1 atom stereocenters. The molecule has 2 saturated heterocycles. The van der Waals surface area contributed by atoms with Crippen LogP contribution in [0, 0.1) is 0 Å². The average molecular weight is 398 g/mol. The lowest BCUT2D eigenvalue weighted by Gasteiger charge is -2.38. The number of anilines is 1. The second-order valence-electron chi connectivity index (χ2n) is 7.31. The number of amides is 2. The molecular formula is C22H24ClN3O2. The van der Waals surface area contributed by atoms with Crippen LogP contribution in [-0.4, -0.2) is 60.4 Å². The van der Waals surface area contributed by atoms with Crippen LogP contribution in [0.5, 0.6) is 0 Å². The predicted octanol–water partition coefficient (Wildman–Crippen LogP) is 2.83. The van der Waals surface area contributed by atoms with Crippen molar-refractivity contribution >= 4 is 29.1 Å². The molecule has 2 aromatic carbocycles. The smallest absolute Gasteiger partial charge is 0.247 e. The topological polar surface area (TPSA) is 43.9 Å². The molecule has 0 bridgehead atoms. The first-order valence-corrected chi connectivity index (χ1v) is 10.1. The predicted molar refractivity (Wildman–Crippen MR) is 111 cm³/mol. The number of hydrogen-bond acceptors (Lipinski definition) is 4. The Bertz CT molecular complexity index is 850. The summed E-state index contributed by atoms with van der Waals surface area (Å²) in [6.45, 7) is 3.55. The van der Waals surface area contributed by atoms with Gasteiger partial charge in [0.15, 0.2) is 0 Å². The van der Waals surface area contributed by atoms with E-state index in [-0.39, 0.29) is 17.9 Å². The average Bonchev–Trinajstić information content (AvgIpc) is 3.01. The second kappa shape index (κ2) is 8.33. The monoisotopic (exact) mass is 397 g/mol. The largest absolute Gasteiger partial charge is 0.368 e. The van der Waals surface area contributed by atoms with E-state index in [2.05, 4.69) is 9.80 Å². The van der Waals surface area contributed by atoms with E-state index < -0.39 is 0 Å². The lowest BCUT2D eigenvalue weighted by atomic mass is 10.1. The molecule has 2 heterocycles. The number of piperazine rings is 1. The highest BCUT2D eigenvalue weighted by Gasteiger charge is 2.42. The number of hydrogen-bond donors (Lipinski definition) is 0. The first-order valence-electron chi connectivity index (χ1n) is 9.75.